The van der Waals surface area contributed by atoms with Gasteiger partial charge in [0.05, 0.1) is 19.2 Å². The van der Waals surface area contributed by atoms with Gasteiger partial charge in [-0.05, 0) is 51.8 Å². The number of halogens is 2. The summed E-state index contributed by atoms with van der Waals surface area (Å²) in [6.07, 6.45) is 0.244. The van der Waals surface area contributed by atoms with Gasteiger partial charge in [0, 0.05) is 4.47 Å². The number of methoxy groups -OCH3 is 1. The first-order valence-electron chi connectivity index (χ1n) is 5.96. The average Bonchev–Trinajstić information content (AvgIpc) is 2.43. The highest BCUT2D eigenvalue weighted by Crippen LogP contribution is 2.23. The summed E-state index contributed by atoms with van der Waals surface area (Å²) in [4.78, 5) is 11.9. The number of carbonyl (C=O) groups is 1. The van der Waals surface area contributed by atoms with Crippen molar-refractivity contribution in [3.63, 3.8) is 0 Å². The minimum Gasteiger partial charge on any atom is -0.497 e. The van der Waals surface area contributed by atoms with Crippen LogP contribution in [0.5, 0.6) is 5.75 Å². The maximum atomic E-state index is 12.9. The molecule has 1 amide bonds. The molecular formula is C15H13BrFNO2. The molecule has 0 aliphatic carbocycles. The molecule has 0 fully saturated rings. The molecule has 0 saturated heterocycles. The highest BCUT2D eigenvalue weighted by atomic mass is 79.9. The van der Waals surface area contributed by atoms with Crippen LogP contribution in [0.2, 0.25) is 0 Å². The number of nitrogens with one attached hydrogen (secondary N) is 1. The predicted molar refractivity (Wildman–Crippen MR) is 79.4 cm³/mol. The molecule has 0 spiro atoms. The molecule has 104 valence electrons. The van der Waals surface area contributed by atoms with E-state index in [2.05, 4.69) is 21.2 Å². The van der Waals surface area contributed by atoms with Gasteiger partial charge in [-0.2, -0.15) is 0 Å². The van der Waals surface area contributed by atoms with Gasteiger partial charge in [0.25, 0.3) is 0 Å². The third-order valence-corrected chi connectivity index (χ3v) is 3.39. The molecule has 0 atom stereocenters. The molecule has 5 heteroatoms. The van der Waals surface area contributed by atoms with Crippen molar-refractivity contribution in [2.75, 3.05) is 12.4 Å². The molecule has 0 radical (unpaired) electrons. The molecular weight excluding hydrogens is 325 g/mol. The van der Waals surface area contributed by atoms with Crippen LogP contribution in [0.15, 0.2) is 46.9 Å². The smallest absolute Gasteiger partial charge is 0.228 e. The van der Waals surface area contributed by atoms with E-state index >= 15 is 0 Å². The van der Waals surface area contributed by atoms with E-state index in [9.17, 15) is 9.18 Å². The van der Waals surface area contributed by atoms with Gasteiger partial charge < -0.3 is 10.1 Å². The van der Waals surface area contributed by atoms with Gasteiger partial charge >= 0.3 is 0 Å². The topological polar surface area (TPSA) is 38.3 Å². The molecule has 0 unspecified atom stereocenters. The summed E-state index contributed by atoms with van der Waals surface area (Å²) in [6, 6.07) is 11.4. The summed E-state index contributed by atoms with van der Waals surface area (Å²) < 4.78 is 18.5. The van der Waals surface area contributed by atoms with Crippen LogP contribution in [0.3, 0.4) is 0 Å². The summed E-state index contributed by atoms with van der Waals surface area (Å²) in [5, 5.41) is 2.73. The fourth-order valence-corrected chi connectivity index (χ4v) is 2.16. The van der Waals surface area contributed by atoms with Gasteiger partial charge in [0.1, 0.15) is 11.6 Å². The second-order valence-electron chi connectivity index (χ2n) is 4.20. The van der Waals surface area contributed by atoms with Crippen LogP contribution >= 0.6 is 15.9 Å². The van der Waals surface area contributed by atoms with Crippen LogP contribution in [0, 0.1) is 5.82 Å². The van der Waals surface area contributed by atoms with Crippen LogP contribution < -0.4 is 10.1 Å². The Morgan fingerprint density at radius 2 is 1.95 bits per heavy atom. The van der Waals surface area contributed by atoms with Gasteiger partial charge in [-0.1, -0.05) is 12.1 Å². The summed E-state index contributed by atoms with van der Waals surface area (Å²) in [7, 11) is 1.59. The van der Waals surface area contributed by atoms with Gasteiger partial charge in [-0.25, -0.2) is 4.39 Å². The Kier molecular flexibility index (Phi) is 4.74. The summed E-state index contributed by atoms with van der Waals surface area (Å²) in [6.45, 7) is 0. The fraction of sp³-hybridized carbons (Fsp3) is 0.133. The van der Waals surface area contributed by atoms with Gasteiger partial charge in [0.2, 0.25) is 5.91 Å². The normalized spacial score (nSPS) is 10.2. The predicted octanol–water partition coefficient (Wildman–Crippen LogP) is 3.78. The zero-order chi connectivity index (χ0) is 14.5. The van der Waals surface area contributed by atoms with Crippen molar-refractivity contribution >= 4 is 27.5 Å². The lowest BCUT2D eigenvalue weighted by Gasteiger charge is -2.08. The van der Waals surface area contributed by atoms with Crippen LogP contribution in [0.1, 0.15) is 5.56 Å². The van der Waals surface area contributed by atoms with Crippen LogP contribution in [-0.4, -0.2) is 13.0 Å². The van der Waals surface area contributed by atoms with Crippen molar-refractivity contribution in [1.29, 1.82) is 0 Å². The first-order valence-corrected chi connectivity index (χ1v) is 6.75. The van der Waals surface area contributed by atoms with E-state index in [1.807, 2.05) is 12.1 Å². The van der Waals surface area contributed by atoms with Crippen LogP contribution in [0.4, 0.5) is 10.1 Å². The average molecular weight is 338 g/mol. The van der Waals surface area contributed by atoms with E-state index in [-0.39, 0.29) is 18.1 Å². The van der Waals surface area contributed by atoms with Crippen molar-refractivity contribution in [2.45, 2.75) is 6.42 Å². The lowest BCUT2D eigenvalue weighted by atomic mass is 10.1. The number of anilines is 1. The van der Waals surface area contributed by atoms with E-state index in [0.717, 1.165) is 11.3 Å². The Labute approximate surface area is 124 Å². The molecule has 0 bridgehead atoms. The van der Waals surface area contributed by atoms with E-state index in [1.165, 1.54) is 18.2 Å². The molecule has 2 aromatic carbocycles. The van der Waals surface area contributed by atoms with Crippen LogP contribution in [-0.2, 0) is 11.2 Å². The number of benzene rings is 2. The summed E-state index contributed by atoms with van der Waals surface area (Å²) in [5.74, 6) is 0.225. The molecule has 20 heavy (non-hydrogen) atoms. The molecule has 3 nitrogen and oxygen atoms in total. The van der Waals surface area contributed by atoms with Crippen molar-refractivity contribution < 1.29 is 13.9 Å². The Morgan fingerprint density at radius 1 is 1.25 bits per heavy atom. The first kappa shape index (κ1) is 14.5. The zero-order valence-electron chi connectivity index (χ0n) is 10.8. The highest BCUT2D eigenvalue weighted by Gasteiger charge is 2.07. The van der Waals surface area contributed by atoms with Gasteiger partial charge in [-0.3, -0.25) is 4.79 Å². The molecule has 1 N–H and O–H groups in total. The Bertz CT molecular complexity index is 614. The number of ether oxygens (including phenoxy) is 1. The van der Waals surface area contributed by atoms with Gasteiger partial charge in [0.15, 0.2) is 0 Å². The number of carbonyl (C=O) groups excluding carboxylic acids is 1. The fourth-order valence-electron chi connectivity index (χ4n) is 1.71. The van der Waals surface area contributed by atoms with Crippen molar-refractivity contribution in [2.24, 2.45) is 0 Å². The summed E-state index contributed by atoms with van der Waals surface area (Å²) in [5.41, 5.74) is 1.42. The third-order valence-electron chi connectivity index (χ3n) is 2.73. The lowest BCUT2D eigenvalue weighted by Crippen LogP contribution is -2.14. The largest absolute Gasteiger partial charge is 0.497 e. The molecule has 0 aliphatic heterocycles. The second kappa shape index (κ2) is 6.52. The quantitative estimate of drug-likeness (QED) is 0.921. The van der Waals surface area contributed by atoms with E-state index in [1.54, 1.807) is 19.2 Å². The van der Waals surface area contributed by atoms with Crippen molar-refractivity contribution in [1.82, 2.24) is 0 Å². The second-order valence-corrected chi connectivity index (χ2v) is 5.05. The van der Waals surface area contributed by atoms with E-state index < -0.39 is 0 Å². The number of hydrogen-bond donors (Lipinski definition) is 1. The molecule has 0 aromatic heterocycles. The Hall–Kier alpha value is -1.88. The highest BCUT2D eigenvalue weighted by molar-refractivity contribution is 9.10. The minimum atomic E-state index is -0.356. The Morgan fingerprint density at radius 3 is 2.55 bits per heavy atom. The zero-order valence-corrected chi connectivity index (χ0v) is 12.4. The van der Waals surface area contributed by atoms with E-state index in [4.69, 9.17) is 4.74 Å². The van der Waals surface area contributed by atoms with Crippen LogP contribution in [0.25, 0.3) is 0 Å². The van der Waals surface area contributed by atoms with E-state index in [0.29, 0.717) is 10.2 Å². The molecule has 0 aliphatic rings. The molecule has 0 saturated carbocycles. The maximum Gasteiger partial charge on any atom is 0.228 e. The van der Waals surface area contributed by atoms with Gasteiger partial charge in [-0.15, -0.1) is 0 Å². The standard InChI is InChI=1S/C15H13BrFNO2/c1-20-12-5-2-10(3-6-12)8-15(19)18-14-7-4-11(17)9-13(14)16/h2-7,9H,8H2,1H3,(H,18,19). The SMILES string of the molecule is COc1ccc(CC(=O)Nc2ccc(F)cc2Br)cc1. The van der Waals surface area contributed by atoms with Crippen molar-refractivity contribution in [3.8, 4) is 5.75 Å². The van der Waals surface area contributed by atoms with Crippen molar-refractivity contribution in [3.05, 3.63) is 58.3 Å². The monoisotopic (exact) mass is 337 g/mol. The molecule has 2 aromatic rings. The maximum absolute atomic E-state index is 12.9. The third kappa shape index (κ3) is 3.81. The number of rotatable bonds is 4. The molecule has 2 rings (SSSR count). The number of hydrogen-bond acceptors (Lipinski definition) is 2. The summed E-state index contributed by atoms with van der Waals surface area (Å²) >= 11 is 3.21. The first-order chi connectivity index (χ1) is 9.58. The number of amides is 1. The molecule has 0 heterocycles. The Balaban J connectivity index is 2.01. The lowest BCUT2D eigenvalue weighted by molar-refractivity contribution is -0.115. The minimum absolute atomic E-state index is 0.164.